The van der Waals surface area contributed by atoms with E-state index in [2.05, 4.69) is 6.07 Å². The molecule has 1 aliphatic carbocycles. The fraction of sp³-hybridized carbons (Fsp3) is 0.476. The Bertz CT molecular complexity index is 951. The topological polar surface area (TPSA) is 83.5 Å². The first-order valence-corrected chi connectivity index (χ1v) is 9.26. The highest BCUT2D eigenvalue weighted by atomic mass is 16.5. The van der Waals surface area contributed by atoms with Gasteiger partial charge in [0.05, 0.1) is 6.07 Å². The maximum atomic E-state index is 12.9. The molecule has 27 heavy (non-hydrogen) atoms. The number of hydrogen-bond acceptors (Lipinski definition) is 5. The third-order valence-electron chi connectivity index (χ3n) is 5.44. The predicted molar refractivity (Wildman–Crippen MR) is 102 cm³/mol. The van der Waals surface area contributed by atoms with Crippen molar-refractivity contribution in [1.29, 1.82) is 5.26 Å². The Morgan fingerprint density at radius 2 is 2.00 bits per heavy atom. The molecule has 6 nitrogen and oxygen atoms in total. The highest BCUT2D eigenvalue weighted by Crippen LogP contribution is 2.33. The van der Waals surface area contributed by atoms with Crippen LogP contribution in [0.1, 0.15) is 44.6 Å². The molecule has 1 aromatic heterocycles. The monoisotopic (exact) mass is 368 g/mol. The number of nitrogens with zero attached hydrogens (tertiary/aromatic N) is 2. The van der Waals surface area contributed by atoms with Gasteiger partial charge in [-0.2, -0.15) is 5.26 Å². The smallest absolute Gasteiger partial charge is 0.336 e. The summed E-state index contributed by atoms with van der Waals surface area (Å²) < 4.78 is 11.0. The van der Waals surface area contributed by atoms with Crippen LogP contribution in [-0.2, 0) is 4.79 Å². The van der Waals surface area contributed by atoms with Crippen molar-refractivity contribution in [2.45, 2.75) is 57.6 Å². The van der Waals surface area contributed by atoms with Crippen LogP contribution >= 0.6 is 0 Å². The Morgan fingerprint density at radius 1 is 1.30 bits per heavy atom. The summed E-state index contributed by atoms with van der Waals surface area (Å²) in [4.78, 5) is 26.0. The van der Waals surface area contributed by atoms with Gasteiger partial charge in [-0.25, -0.2) is 4.79 Å². The Kier molecular flexibility index (Phi) is 5.22. The average Bonchev–Trinajstić information content (AvgIpc) is 2.66. The second-order valence-electron chi connectivity index (χ2n) is 7.27. The van der Waals surface area contributed by atoms with Crippen LogP contribution in [0.5, 0.6) is 5.75 Å². The van der Waals surface area contributed by atoms with E-state index in [0.717, 1.165) is 30.2 Å². The molecule has 3 rings (SSSR count). The number of carbonyl (C=O) groups is 1. The molecule has 1 unspecified atom stereocenters. The number of hydrogen-bond donors (Lipinski definition) is 0. The molecule has 0 aliphatic heterocycles. The molecule has 0 bridgehead atoms. The third-order valence-corrected chi connectivity index (χ3v) is 5.44. The minimum atomic E-state index is -0.754. The van der Waals surface area contributed by atoms with Crippen molar-refractivity contribution < 1.29 is 13.9 Å². The minimum Gasteiger partial charge on any atom is -0.481 e. The normalized spacial score (nSPS) is 17.1. The average molecular weight is 368 g/mol. The molecule has 2 aromatic rings. The number of fused-ring (bicyclic) bond motifs is 1. The minimum absolute atomic E-state index is 0.232. The quantitative estimate of drug-likeness (QED) is 0.771. The molecule has 1 aromatic carbocycles. The molecule has 1 amide bonds. The number of benzene rings is 1. The van der Waals surface area contributed by atoms with Gasteiger partial charge in [0.1, 0.15) is 16.9 Å². The first kappa shape index (κ1) is 19.0. The molecule has 1 saturated carbocycles. The van der Waals surface area contributed by atoms with Crippen molar-refractivity contribution in [1.82, 2.24) is 4.90 Å². The zero-order valence-electron chi connectivity index (χ0n) is 15.9. The summed E-state index contributed by atoms with van der Waals surface area (Å²) in [5, 5.41) is 10.5. The lowest BCUT2D eigenvalue weighted by Crippen LogP contribution is -2.53. The number of likely N-dealkylation sites (N-methyl/N-ethyl adjacent to an activating group) is 1. The van der Waals surface area contributed by atoms with Crippen LogP contribution in [0.25, 0.3) is 11.0 Å². The van der Waals surface area contributed by atoms with E-state index < -0.39 is 17.3 Å². The standard InChI is InChI=1S/C21H24N2O4/c1-14-11-19(24)27-18-12-16(7-8-17(14)18)26-15(2)20(25)23(3)21(13-22)9-5-4-6-10-21/h7-8,11-12,15H,4-6,9-10H2,1-3H3. The fourth-order valence-electron chi connectivity index (χ4n) is 3.78. The van der Waals surface area contributed by atoms with Gasteiger partial charge in [-0.1, -0.05) is 19.3 Å². The first-order chi connectivity index (χ1) is 12.9. The van der Waals surface area contributed by atoms with Gasteiger partial charge in [0.2, 0.25) is 0 Å². The van der Waals surface area contributed by atoms with Gasteiger partial charge in [0.25, 0.3) is 5.91 Å². The summed E-state index contributed by atoms with van der Waals surface area (Å²) in [6, 6.07) is 8.97. The van der Waals surface area contributed by atoms with Crippen molar-refractivity contribution in [3.05, 3.63) is 40.2 Å². The Labute approximate surface area is 158 Å². The summed E-state index contributed by atoms with van der Waals surface area (Å²) in [5.41, 5.74) is 0.0747. The zero-order chi connectivity index (χ0) is 19.6. The van der Waals surface area contributed by atoms with E-state index in [1.165, 1.54) is 6.07 Å². The van der Waals surface area contributed by atoms with E-state index in [-0.39, 0.29) is 5.91 Å². The van der Waals surface area contributed by atoms with E-state index in [0.29, 0.717) is 24.2 Å². The van der Waals surface area contributed by atoms with Crippen LogP contribution in [0.4, 0.5) is 0 Å². The Morgan fingerprint density at radius 3 is 2.67 bits per heavy atom. The summed E-state index contributed by atoms with van der Waals surface area (Å²) in [6.07, 6.45) is 3.63. The highest BCUT2D eigenvalue weighted by molar-refractivity contribution is 5.83. The number of carbonyl (C=O) groups excluding carboxylic acids is 1. The van der Waals surface area contributed by atoms with Gasteiger partial charge in [0.15, 0.2) is 6.10 Å². The second-order valence-corrected chi connectivity index (χ2v) is 7.27. The van der Waals surface area contributed by atoms with E-state index in [4.69, 9.17) is 9.15 Å². The van der Waals surface area contributed by atoms with Gasteiger partial charge in [-0.15, -0.1) is 0 Å². The predicted octanol–water partition coefficient (Wildman–Crippen LogP) is 3.55. The van der Waals surface area contributed by atoms with Crippen molar-refractivity contribution in [3.8, 4) is 11.8 Å². The molecular weight excluding hydrogens is 344 g/mol. The van der Waals surface area contributed by atoms with Crippen LogP contribution < -0.4 is 10.4 Å². The molecule has 0 N–H and O–H groups in total. The van der Waals surface area contributed by atoms with Gasteiger partial charge >= 0.3 is 5.63 Å². The first-order valence-electron chi connectivity index (χ1n) is 9.26. The molecule has 1 aliphatic rings. The highest BCUT2D eigenvalue weighted by Gasteiger charge is 2.40. The lowest BCUT2D eigenvalue weighted by molar-refractivity contribution is -0.141. The maximum Gasteiger partial charge on any atom is 0.336 e. The number of aryl methyl sites for hydroxylation is 1. The van der Waals surface area contributed by atoms with E-state index in [1.807, 2.05) is 13.0 Å². The molecular formula is C21H24N2O4. The lowest BCUT2D eigenvalue weighted by atomic mass is 9.81. The van der Waals surface area contributed by atoms with E-state index in [1.54, 1.807) is 31.0 Å². The summed E-state index contributed by atoms with van der Waals surface area (Å²) in [6.45, 7) is 3.51. The molecule has 0 spiro atoms. The Hall–Kier alpha value is -2.81. The van der Waals surface area contributed by atoms with Gasteiger partial charge < -0.3 is 14.1 Å². The molecule has 1 heterocycles. The van der Waals surface area contributed by atoms with Crippen molar-refractivity contribution in [2.24, 2.45) is 0 Å². The van der Waals surface area contributed by atoms with Gasteiger partial charge in [-0.3, -0.25) is 4.79 Å². The number of ether oxygens (including phenoxy) is 1. The number of nitriles is 1. The van der Waals surface area contributed by atoms with Gasteiger partial charge in [-0.05, 0) is 44.4 Å². The SMILES string of the molecule is Cc1cc(=O)oc2cc(OC(C)C(=O)N(C)C3(C#N)CCCCC3)ccc12. The fourth-order valence-corrected chi connectivity index (χ4v) is 3.78. The largest absolute Gasteiger partial charge is 0.481 e. The summed E-state index contributed by atoms with van der Waals surface area (Å²) in [5.74, 6) is 0.212. The van der Waals surface area contributed by atoms with Crippen molar-refractivity contribution >= 4 is 16.9 Å². The molecule has 0 saturated heterocycles. The molecule has 1 fully saturated rings. The van der Waals surface area contributed by atoms with Crippen LogP contribution in [0, 0.1) is 18.3 Å². The summed E-state index contributed by atoms with van der Waals surface area (Å²) in [7, 11) is 1.68. The molecule has 6 heteroatoms. The zero-order valence-corrected chi connectivity index (χ0v) is 15.9. The summed E-state index contributed by atoms with van der Waals surface area (Å²) >= 11 is 0. The lowest BCUT2D eigenvalue weighted by Gasteiger charge is -2.40. The maximum absolute atomic E-state index is 12.9. The third kappa shape index (κ3) is 3.68. The number of amides is 1. The van der Waals surface area contributed by atoms with Crippen molar-refractivity contribution in [2.75, 3.05) is 7.05 Å². The van der Waals surface area contributed by atoms with E-state index >= 15 is 0 Å². The number of rotatable bonds is 4. The Balaban J connectivity index is 1.79. The van der Waals surface area contributed by atoms with Gasteiger partial charge in [0, 0.05) is 24.6 Å². The molecule has 0 radical (unpaired) electrons. The van der Waals surface area contributed by atoms with Crippen LogP contribution in [0.15, 0.2) is 33.5 Å². The van der Waals surface area contributed by atoms with E-state index in [9.17, 15) is 14.9 Å². The second kappa shape index (κ2) is 7.43. The van der Waals surface area contributed by atoms with Crippen LogP contribution in [0.2, 0.25) is 0 Å². The molecule has 142 valence electrons. The molecule has 1 atom stereocenters. The van der Waals surface area contributed by atoms with Crippen LogP contribution in [-0.4, -0.2) is 29.5 Å². The van der Waals surface area contributed by atoms with Crippen molar-refractivity contribution in [3.63, 3.8) is 0 Å². The van der Waals surface area contributed by atoms with Crippen LogP contribution in [0.3, 0.4) is 0 Å².